The zero-order valence-electron chi connectivity index (χ0n) is 9.51. The van der Waals surface area contributed by atoms with Gasteiger partial charge in [0.25, 0.3) is 5.89 Å². The average molecular weight is 251 g/mol. The van der Waals surface area contributed by atoms with Crippen molar-refractivity contribution in [3.63, 3.8) is 0 Å². The Morgan fingerprint density at radius 1 is 1.35 bits per heavy atom. The van der Waals surface area contributed by atoms with E-state index in [0.717, 1.165) is 42.3 Å². The number of nitrogens with one attached hydrogen (secondary N) is 1. The number of piperidine rings is 1. The molecule has 90 valence electrons. The van der Waals surface area contributed by atoms with Crippen LogP contribution in [0.5, 0.6) is 0 Å². The molecule has 0 radical (unpaired) electrons. The Morgan fingerprint density at radius 3 is 2.88 bits per heavy atom. The number of hydrogen-bond donors (Lipinski definition) is 1. The molecular weight excluding hydrogens is 238 g/mol. The van der Waals surface area contributed by atoms with Crippen LogP contribution in [0.4, 0.5) is 0 Å². The van der Waals surface area contributed by atoms with Gasteiger partial charge in [-0.25, -0.2) is 0 Å². The van der Waals surface area contributed by atoms with Crippen molar-refractivity contribution in [2.45, 2.75) is 25.7 Å². The first kappa shape index (κ1) is 10.8. The molecule has 3 heterocycles. The van der Waals surface area contributed by atoms with E-state index in [-0.39, 0.29) is 0 Å². The second kappa shape index (κ2) is 4.50. The molecule has 6 nitrogen and oxygen atoms in total. The van der Waals surface area contributed by atoms with Crippen LogP contribution >= 0.6 is 11.5 Å². The third kappa shape index (κ3) is 2.07. The van der Waals surface area contributed by atoms with Crippen molar-refractivity contribution in [3.05, 3.63) is 11.5 Å². The van der Waals surface area contributed by atoms with E-state index in [1.165, 1.54) is 11.5 Å². The molecule has 0 atom stereocenters. The molecule has 1 aliphatic heterocycles. The first-order chi connectivity index (χ1) is 8.34. The smallest absolute Gasteiger partial charge is 0.271 e. The van der Waals surface area contributed by atoms with E-state index in [0.29, 0.717) is 11.8 Å². The summed E-state index contributed by atoms with van der Waals surface area (Å²) in [4.78, 5) is 5.33. The number of aryl methyl sites for hydroxylation is 1. The highest BCUT2D eigenvalue weighted by Crippen LogP contribution is 2.28. The molecular formula is C10H13N5OS. The van der Waals surface area contributed by atoms with Crippen molar-refractivity contribution < 1.29 is 4.52 Å². The first-order valence-electron chi connectivity index (χ1n) is 5.68. The van der Waals surface area contributed by atoms with Gasteiger partial charge in [0.2, 0.25) is 0 Å². The van der Waals surface area contributed by atoms with Crippen LogP contribution in [0.15, 0.2) is 4.52 Å². The number of rotatable bonds is 2. The zero-order valence-corrected chi connectivity index (χ0v) is 10.3. The summed E-state index contributed by atoms with van der Waals surface area (Å²) in [6.07, 6.45) is 2.14. The molecule has 2 aromatic rings. The van der Waals surface area contributed by atoms with Gasteiger partial charge < -0.3 is 9.84 Å². The first-order valence-corrected chi connectivity index (χ1v) is 6.45. The largest absolute Gasteiger partial charge is 0.333 e. The maximum Gasteiger partial charge on any atom is 0.271 e. The Hall–Kier alpha value is -1.34. The fraction of sp³-hybridized carbons (Fsp3) is 0.600. The van der Waals surface area contributed by atoms with Gasteiger partial charge in [-0.15, -0.1) is 5.10 Å². The van der Waals surface area contributed by atoms with Crippen molar-refractivity contribution in [2.24, 2.45) is 0 Å². The van der Waals surface area contributed by atoms with E-state index in [2.05, 4.69) is 25.0 Å². The van der Waals surface area contributed by atoms with Gasteiger partial charge in [-0.3, -0.25) is 0 Å². The van der Waals surface area contributed by atoms with Gasteiger partial charge in [0, 0.05) is 5.92 Å². The maximum atomic E-state index is 5.29. The summed E-state index contributed by atoms with van der Waals surface area (Å²) >= 11 is 1.29. The van der Waals surface area contributed by atoms with Crippen molar-refractivity contribution in [1.29, 1.82) is 0 Å². The molecule has 0 aliphatic carbocycles. The standard InChI is InChI=1S/C10H13N5OS/c1-6-8(17-15-13-6)10-12-9(14-16-10)7-2-4-11-5-3-7/h7,11H,2-5H2,1H3. The van der Waals surface area contributed by atoms with Crippen molar-refractivity contribution in [3.8, 4) is 10.8 Å². The van der Waals surface area contributed by atoms with E-state index < -0.39 is 0 Å². The number of nitrogens with zero attached hydrogens (tertiary/aromatic N) is 4. The minimum atomic E-state index is 0.412. The molecule has 0 spiro atoms. The monoisotopic (exact) mass is 251 g/mol. The fourth-order valence-corrected chi connectivity index (χ4v) is 2.58. The van der Waals surface area contributed by atoms with Crippen LogP contribution in [0.3, 0.4) is 0 Å². The highest BCUT2D eigenvalue weighted by molar-refractivity contribution is 7.09. The second-order valence-corrected chi connectivity index (χ2v) is 4.92. The molecule has 0 saturated carbocycles. The molecule has 1 fully saturated rings. The molecule has 0 bridgehead atoms. The second-order valence-electron chi connectivity index (χ2n) is 4.17. The summed E-state index contributed by atoms with van der Waals surface area (Å²) in [6, 6.07) is 0. The predicted octanol–water partition coefficient (Wildman–Crippen LogP) is 1.36. The van der Waals surface area contributed by atoms with Crippen LogP contribution in [0.25, 0.3) is 10.8 Å². The lowest BCUT2D eigenvalue weighted by atomic mass is 9.98. The quantitative estimate of drug-likeness (QED) is 0.868. The van der Waals surface area contributed by atoms with Gasteiger partial charge in [-0.05, 0) is 44.4 Å². The summed E-state index contributed by atoms with van der Waals surface area (Å²) in [5, 5.41) is 11.3. The molecule has 1 N–H and O–H groups in total. The maximum absolute atomic E-state index is 5.29. The van der Waals surface area contributed by atoms with Crippen LogP contribution in [0.1, 0.15) is 30.3 Å². The van der Waals surface area contributed by atoms with Gasteiger partial charge in [0.15, 0.2) is 5.82 Å². The third-order valence-electron chi connectivity index (χ3n) is 2.99. The zero-order chi connectivity index (χ0) is 11.7. The molecule has 3 rings (SSSR count). The topological polar surface area (TPSA) is 76.7 Å². The highest BCUT2D eigenvalue weighted by Gasteiger charge is 2.22. The Morgan fingerprint density at radius 2 is 2.18 bits per heavy atom. The molecule has 17 heavy (non-hydrogen) atoms. The SMILES string of the molecule is Cc1nnsc1-c1nc(C2CCNCC2)no1. The Balaban J connectivity index is 1.85. The van der Waals surface area contributed by atoms with Crippen LogP contribution in [-0.2, 0) is 0 Å². The summed E-state index contributed by atoms with van der Waals surface area (Å²) < 4.78 is 9.17. The summed E-state index contributed by atoms with van der Waals surface area (Å²) in [5.41, 5.74) is 0.843. The average Bonchev–Trinajstić information content (AvgIpc) is 2.98. The highest BCUT2D eigenvalue weighted by atomic mass is 32.1. The van der Waals surface area contributed by atoms with Gasteiger partial charge in [-0.1, -0.05) is 9.64 Å². The van der Waals surface area contributed by atoms with Crippen LogP contribution in [0, 0.1) is 6.92 Å². The van der Waals surface area contributed by atoms with Crippen molar-refractivity contribution in [2.75, 3.05) is 13.1 Å². The molecule has 2 aromatic heterocycles. The summed E-state index contributed by atoms with van der Waals surface area (Å²) in [6.45, 7) is 3.94. The third-order valence-corrected chi connectivity index (χ3v) is 3.81. The minimum Gasteiger partial charge on any atom is -0.333 e. The molecule has 0 aromatic carbocycles. The Bertz CT molecular complexity index is 502. The van der Waals surface area contributed by atoms with Crippen molar-refractivity contribution >= 4 is 11.5 Å². The van der Waals surface area contributed by atoms with Crippen molar-refractivity contribution in [1.82, 2.24) is 25.0 Å². The molecule has 0 amide bonds. The molecule has 0 unspecified atom stereocenters. The van der Waals surface area contributed by atoms with E-state index in [9.17, 15) is 0 Å². The summed E-state index contributed by atoms with van der Waals surface area (Å²) in [5.74, 6) is 1.77. The number of aromatic nitrogens is 4. The summed E-state index contributed by atoms with van der Waals surface area (Å²) in [7, 11) is 0. The van der Waals surface area contributed by atoms with E-state index in [1.54, 1.807) is 0 Å². The Kier molecular flexibility index (Phi) is 2.86. The van der Waals surface area contributed by atoms with Crippen LogP contribution < -0.4 is 5.32 Å². The fourth-order valence-electron chi connectivity index (χ4n) is 2.00. The van der Waals surface area contributed by atoms with E-state index >= 15 is 0 Å². The van der Waals surface area contributed by atoms with Gasteiger partial charge in [0.05, 0.1) is 5.69 Å². The lowest BCUT2D eigenvalue weighted by Gasteiger charge is -2.18. The normalized spacial score (nSPS) is 17.5. The molecule has 1 saturated heterocycles. The van der Waals surface area contributed by atoms with Gasteiger partial charge in [0.1, 0.15) is 4.88 Å². The minimum absolute atomic E-state index is 0.412. The van der Waals surface area contributed by atoms with E-state index in [1.807, 2.05) is 6.92 Å². The predicted molar refractivity (Wildman–Crippen MR) is 62.8 cm³/mol. The number of hydrogen-bond acceptors (Lipinski definition) is 7. The lowest BCUT2D eigenvalue weighted by molar-refractivity contribution is 0.392. The van der Waals surface area contributed by atoms with Gasteiger partial charge in [-0.2, -0.15) is 4.98 Å². The Labute approximate surface area is 103 Å². The van der Waals surface area contributed by atoms with Gasteiger partial charge >= 0.3 is 0 Å². The van der Waals surface area contributed by atoms with Crippen LogP contribution in [0.2, 0.25) is 0 Å². The molecule has 1 aliphatic rings. The van der Waals surface area contributed by atoms with E-state index in [4.69, 9.17) is 4.52 Å². The lowest BCUT2D eigenvalue weighted by Crippen LogP contribution is -2.27. The van der Waals surface area contributed by atoms with Crippen LogP contribution in [-0.4, -0.2) is 32.8 Å². The molecule has 7 heteroatoms.